The Labute approximate surface area is 188 Å². The molecule has 0 atom stereocenters. The van der Waals surface area contributed by atoms with Crippen molar-refractivity contribution >= 4 is 57.2 Å². The van der Waals surface area contributed by atoms with Crippen LogP contribution >= 0.6 is 40.2 Å². The molecule has 0 unspecified atom stereocenters. The van der Waals surface area contributed by atoms with Crippen LogP contribution in [0.4, 0.5) is 17.1 Å². The molecule has 0 N–H and O–H groups in total. The fraction of sp³-hybridized carbons (Fsp3) is 0.273. The van der Waals surface area contributed by atoms with Gasteiger partial charge in [0.1, 0.15) is 6.17 Å². The van der Waals surface area contributed by atoms with Gasteiger partial charge in [-0.3, -0.25) is 0 Å². The summed E-state index contributed by atoms with van der Waals surface area (Å²) < 4.78 is 0. The second-order valence-corrected chi connectivity index (χ2v) is 7.06. The third kappa shape index (κ3) is 4.43. The molecule has 6 heteroatoms. The molecule has 2 aromatic carbocycles. The van der Waals surface area contributed by atoms with Crippen molar-refractivity contribution in [3.8, 4) is 12.3 Å². The highest BCUT2D eigenvalue weighted by Crippen LogP contribution is 2.44. The van der Waals surface area contributed by atoms with Crippen LogP contribution in [-0.4, -0.2) is 25.8 Å². The summed E-state index contributed by atoms with van der Waals surface area (Å²) >= 11 is 12.6. The van der Waals surface area contributed by atoms with Crippen LogP contribution in [0.3, 0.4) is 0 Å². The summed E-state index contributed by atoms with van der Waals surface area (Å²) in [6.45, 7) is 6.51. The monoisotopic (exact) mass is 479 g/mol. The van der Waals surface area contributed by atoms with Gasteiger partial charge in [0.2, 0.25) is 0 Å². The van der Waals surface area contributed by atoms with E-state index in [1.54, 1.807) is 0 Å². The van der Waals surface area contributed by atoms with Crippen LogP contribution in [0.5, 0.6) is 0 Å². The smallest absolute Gasteiger partial charge is 0.123 e. The largest absolute Gasteiger partial charge is 0.346 e. The number of hydrogen-bond acceptors (Lipinski definition) is 3. The number of rotatable bonds is 6. The molecule has 0 aromatic heterocycles. The SMILES string of the molecule is Br.C#CCN(C=CC1N(CC)c2cc(Cl)c(Cl)cc2N1CC)c1ccccc1. The zero-order chi connectivity index (χ0) is 19.4. The predicted octanol–water partition coefficient (Wildman–Crippen LogP) is 6.22. The lowest BCUT2D eigenvalue weighted by molar-refractivity contribution is 0.692. The molecule has 3 rings (SSSR count). The fourth-order valence-electron chi connectivity index (χ4n) is 3.49. The Hall–Kier alpha value is -1.80. The molecule has 2 aromatic rings. The van der Waals surface area contributed by atoms with E-state index in [1.165, 1.54) is 0 Å². The van der Waals surface area contributed by atoms with Crippen LogP contribution < -0.4 is 14.7 Å². The minimum Gasteiger partial charge on any atom is -0.346 e. The lowest BCUT2D eigenvalue weighted by Crippen LogP contribution is -2.42. The molecule has 3 nitrogen and oxygen atoms in total. The lowest BCUT2D eigenvalue weighted by Gasteiger charge is -2.30. The number of benzene rings is 2. The van der Waals surface area contributed by atoms with Gasteiger partial charge in [-0.2, -0.15) is 0 Å². The maximum absolute atomic E-state index is 6.28. The van der Waals surface area contributed by atoms with E-state index >= 15 is 0 Å². The number of anilines is 3. The zero-order valence-corrected chi connectivity index (χ0v) is 19.2. The predicted molar refractivity (Wildman–Crippen MR) is 128 cm³/mol. The average Bonchev–Trinajstić information content (AvgIpc) is 2.97. The van der Waals surface area contributed by atoms with E-state index in [4.69, 9.17) is 29.6 Å². The van der Waals surface area contributed by atoms with Gasteiger partial charge in [0.05, 0.1) is 28.0 Å². The Bertz CT molecular complexity index is 827. The molecule has 0 saturated heterocycles. The summed E-state index contributed by atoms with van der Waals surface area (Å²) in [7, 11) is 0. The molecule has 0 aliphatic carbocycles. The Kier molecular flexibility index (Phi) is 8.12. The zero-order valence-electron chi connectivity index (χ0n) is 16.0. The minimum atomic E-state index is 0. The molecule has 0 fully saturated rings. The van der Waals surface area contributed by atoms with Crippen LogP contribution in [-0.2, 0) is 0 Å². The molecular formula is C22H24BrCl2N3. The second kappa shape index (κ2) is 10.1. The summed E-state index contributed by atoms with van der Waals surface area (Å²) in [5.41, 5.74) is 3.28. The molecule has 0 saturated carbocycles. The fourth-order valence-corrected chi connectivity index (χ4v) is 3.81. The number of terminal acetylenes is 1. The molecule has 0 radical (unpaired) electrons. The van der Waals surface area contributed by atoms with Crippen molar-refractivity contribution < 1.29 is 0 Å². The molecule has 1 heterocycles. The molecule has 28 heavy (non-hydrogen) atoms. The lowest BCUT2D eigenvalue weighted by atomic mass is 10.2. The Balaban J connectivity index is 0.00000280. The minimum absolute atomic E-state index is 0. The van der Waals surface area contributed by atoms with Crippen LogP contribution in [0.25, 0.3) is 0 Å². The summed E-state index contributed by atoms with van der Waals surface area (Å²) in [5, 5.41) is 1.15. The van der Waals surface area contributed by atoms with Crippen molar-refractivity contribution in [1.82, 2.24) is 0 Å². The van der Waals surface area contributed by atoms with Gasteiger partial charge in [0.15, 0.2) is 0 Å². The maximum atomic E-state index is 6.28. The summed E-state index contributed by atoms with van der Waals surface area (Å²) in [6, 6.07) is 14.0. The van der Waals surface area contributed by atoms with Crippen molar-refractivity contribution in [3.63, 3.8) is 0 Å². The molecule has 0 spiro atoms. The van der Waals surface area contributed by atoms with Gasteiger partial charge >= 0.3 is 0 Å². The maximum Gasteiger partial charge on any atom is 0.123 e. The second-order valence-electron chi connectivity index (χ2n) is 6.25. The number of fused-ring (bicyclic) bond motifs is 1. The van der Waals surface area contributed by atoms with Gasteiger partial charge in [-0.15, -0.1) is 23.4 Å². The number of halogens is 3. The number of likely N-dealkylation sites (N-methyl/N-ethyl adjacent to an activating group) is 2. The molecule has 148 valence electrons. The van der Waals surface area contributed by atoms with Gasteiger partial charge in [-0.05, 0) is 44.2 Å². The van der Waals surface area contributed by atoms with Crippen molar-refractivity contribution in [2.24, 2.45) is 0 Å². The highest BCUT2D eigenvalue weighted by atomic mass is 79.9. The summed E-state index contributed by atoms with van der Waals surface area (Å²) in [5.74, 6) is 2.74. The van der Waals surface area contributed by atoms with E-state index in [9.17, 15) is 0 Å². The third-order valence-corrected chi connectivity index (χ3v) is 5.47. The highest BCUT2D eigenvalue weighted by molar-refractivity contribution is 8.93. The average molecular weight is 481 g/mol. The van der Waals surface area contributed by atoms with E-state index in [-0.39, 0.29) is 23.1 Å². The summed E-state index contributed by atoms with van der Waals surface area (Å²) in [6.07, 6.45) is 9.91. The number of nitrogens with zero attached hydrogens (tertiary/aromatic N) is 3. The first-order valence-electron chi connectivity index (χ1n) is 9.06. The van der Waals surface area contributed by atoms with E-state index in [0.29, 0.717) is 16.6 Å². The standard InChI is InChI=1S/C22H23Cl2N3.BrH/c1-4-13-25(17-10-8-7-9-11-17)14-12-22-26(5-2)20-15-18(23)19(24)16-21(20)27(22)6-3;/h1,7-12,14-16,22H,5-6,13H2,2-3H3;1H. The van der Waals surface area contributed by atoms with E-state index in [2.05, 4.69) is 58.9 Å². The first-order chi connectivity index (χ1) is 13.1. The van der Waals surface area contributed by atoms with Gasteiger partial charge in [-0.1, -0.05) is 47.3 Å². The molecule has 0 amide bonds. The molecule has 0 bridgehead atoms. The molecular weight excluding hydrogens is 457 g/mol. The van der Waals surface area contributed by atoms with E-state index < -0.39 is 0 Å². The van der Waals surface area contributed by atoms with Crippen molar-refractivity contribution in [2.75, 3.05) is 34.3 Å². The Morgan fingerprint density at radius 3 is 2.04 bits per heavy atom. The Morgan fingerprint density at radius 2 is 1.57 bits per heavy atom. The third-order valence-electron chi connectivity index (χ3n) is 4.74. The van der Waals surface area contributed by atoms with Crippen molar-refractivity contribution in [3.05, 3.63) is 64.8 Å². The normalized spacial score (nSPS) is 13.4. The van der Waals surface area contributed by atoms with E-state index in [1.807, 2.05) is 30.3 Å². The highest BCUT2D eigenvalue weighted by Gasteiger charge is 2.33. The first-order valence-corrected chi connectivity index (χ1v) is 9.82. The van der Waals surface area contributed by atoms with Crippen LogP contribution in [0.15, 0.2) is 54.7 Å². The van der Waals surface area contributed by atoms with Gasteiger partial charge < -0.3 is 14.7 Å². The van der Waals surface area contributed by atoms with Gasteiger partial charge in [-0.25, -0.2) is 0 Å². The van der Waals surface area contributed by atoms with Crippen molar-refractivity contribution in [1.29, 1.82) is 0 Å². The van der Waals surface area contributed by atoms with Crippen molar-refractivity contribution in [2.45, 2.75) is 20.0 Å². The number of hydrogen-bond donors (Lipinski definition) is 0. The summed E-state index contributed by atoms with van der Waals surface area (Å²) in [4.78, 5) is 6.71. The van der Waals surface area contributed by atoms with Crippen LogP contribution in [0.2, 0.25) is 10.0 Å². The molecule has 1 aliphatic heterocycles. The van der Waals surface area contributed by atoms with Crippen LogP contribution in [0, 0.1) is 12.3 Å². The Morgan fingerprint density at radius 1 is 1.04 bits per heavy atom. The first kappa shape index (κ1) is 22.5. The quantitative estimate of drug-likeness (QED) is 0.454. The number of para-hydroxylation sites is 1. The van der Waals surface area contributed by atoms with E-state index in [0.717, 1.165) is 30.2 Å². The van der Waals surface area contributed by atoms with Gasteiger partial charge in [0, 0.05) is 25.0 Å². The topological polar surface area (TPSA) is 9.72 Å². The molecule has 1 aliphatic rings. The van der Waals surface area contributed by atoms with Gasteiger partial charge in [0.25, 0.3) is 0 Å². The van der Waals surface area contributed by atoms with Crippen LogP contribution in [0.1, 0.15) is 13.8 Å².